The summed E-state index contributed by atoms with van der Waals surface area (Å²) in [5.41, 5.74) is 3.53. The summed E-state index contributed by atoms with van der Waals surface area (Å²) in [5.74, 6) is 0.414. The molecule has 0 atom stereocenters. The molecule has 0 aliphatic rings. The second-order valence-corrected chi connectivity index (χ2v) is 6.85. The van der Waals surface area contributed by atoms with E-state index >= 15 is 0 Å². The summed E-state index contributed by atoms with van der Waals surface area (Å²) >= 11 is 1.52. The summed E-state index contributed by atoms with van der Waals surface area (Å²) in [6, 6.07) is 14.1. The van der Waals surface area contributed by atoms with Gasteiger partial charge in [-0.15, -0.1) is 16.4 Å². The van der Waals surface area contributed by atoms with Crippen LogP contribution in [0.25, 0.3) is 27.0 Å². The molecule has 136 valence electrons. The standard InChI is InChI=1S/C19H12FN7S/c20-13-6-4-12(5-7-13)16-9-28-19-17(16)18(21-10-22-19)24-14-2-1-3-15(8-14)27-11-23-25-26-27/h1-11H,(H,21,22,24). The molecule has 1 N–H and O–H groups in total. The molecule has 0 spiro atoms. The predicted octanol–water partition coefficient (Wildman–Crippen LogP) is 4.22. The smallest absolute Gasteiger partial charge is 0.143 e. The van der Waals surface area contributed by atoms with Crippen LogP contribution in [-0.2, 0) is 0 Å². The molecule has 28 heavy (non-hydrogen) atoms. The van der Waals surface area contributed by atoms with Crippen LogP contribution in [0, 0.1) is 5.82 Å². The first-order valence-corrected chi connectivity index (χ1v) is 9.24. The van der Waals surface area contributed by atoms with Crippen molar-refractivity contribution < 1.29 is 4.39 Å². The van der Waals surface area contributed by atoms with Gasteiger partial charge in [0.15, 0.2) is 0 Å². The van der Waals surface area contributed by atoms with E-state index in [1.807, 2.05) is 29.6 Å². The van der Waals surface area contributed by atoms with Gasteiger partial charge >= 0.3 is 0 Å². The van der Waals surface area contributed by atoms with Gasteiger partial charge in [-0.3, -0.25) is 0 Å². The zero-order chi connectivity index (χ0) is 18.9. The summed E-state index contributed by atoms with van der Waals surface area (Å²) in [4.78, 5) is 9.66. The molecule has 7 nitrogen and oxygen atoms in total. The molecular weight excluding hydrogens is 377 g/mol. The quantitative estimate of drug-likeness (QED) is 0.496. The Hall–Kier alpha value is -3.72. The van der Waals surface area contributed by atoms with Crippen LogP contribution in [0.2, 0.25) is 0 Å². The molecule has 0 fully saturated rings. The van der Waals surface area contributed by atoms with Gasteiger partial charge in [-0.25, -0.2) is 19.0 Å². The van der Waals surface area contributed by atoms with E-state index in [2.05, 4.69) is 30.8 Å². The fraction of sp³-hybridized carbons (Fsp3) is 0. The van der Waals surface area contributed by atoms with Gasteiger partial charge in [-0.1, -0.05) is 18.2 Å². The Morgan fingerprint density at radius 1 is 1.04 bits per heavy atom. The Labute approximate surface area is 162 Å². The van der Waals surface area contributed by atoms with Crippen molar-refractivity contribution in [2.45, 2.75) is 0 Å². The number of rotatable bonds is 4. The molecule has 5 rings (SSSR count). The van der Waals surface area contributed by atoms with Gasteiger partial charge in [0, 0.05) is 16.6 Å². The van der Waals surface area contributed by atoms with E-state index in [-0.39, 0.29) is 5.82 Å². The van der Waals surface area contributed by atoms with Crippen molar-refractivity contribution >= 4 is 33.1 Å². The van der Waals surface area contributed by atoms with Crippen LogP contribution in [0.15, 0.2) is 66.6 Å². The highest BCUT2D eigenvalue weighted by Gasteiger charge is 2.14. The second-order valence-electron chi connectivity index (χ2n) is 5.99. The molecule has 0 bridgehead atoms. The molecule has 0 aliphatic heterocycles. The van der Waals surface area contributed by atoms with Crippen LogP contribution in [0.3, 0.4) is 0 Å². The third-order valence-corrected chi connectivity index (χ3v) is 5.13. The van der Waals surface area contributed by atoms with Crippen LogP contribution < -0.4 is 5.32 Å². The van der Waals surface area contributed by atoms with Gasteiger partial charge in [0.05, 0.1) is 11.1 Å². The number of fused-ring (bicyclic) bond motifs is 1. The summed E-state index contributed by atoms with van der Waals surface area (Å²) in [6.07, 6.45) is 3.06. The van der Waals surface area contributed by atoms with Crippen LogP contribution in [0.1, 0.15) is 0 Å². The Kier molecular flexibility index (Phi) is 3.99. The van der Waals surface area contributed by atoms with Gasteiger partial charge in [-0.2, -0.15) is 0 Å². The van der Waals surface area contributed by atoms with Gasteiger partial charge in [0.1, 0.15) is 29.1 Å². The first-order valence-electron chi connectivity index (χ1n) is 8.36. The third-order valence-electron chi connectivity index (χ3n) is 4.25. The fourth-order valence-corrected chi connectivity index (χ4v) is 3.87. The second kappa shape index (κ2) is 6.78. The number of anilines is 2. The summed E-state index contributed by atoms with van der Waals surface area (Å²) < 4.78 is 14.9. The van der Waals surface area contributed by atoms with E-state index in [9.17, 15) is 4.39 Å². The molecule has 0 saturated carbocycles. The molecule has 0 aliphatic carbocycles. The molecule has 0 unspecified atom stereocenters. The van der Waals surface area contributed by atoms with Gasteiger partial charge < -0.3 is 5.32 Å². The highest BCUT2D eigenvalue weighted by Crippen LogP contribution is 2.37. The number of hydrogen-bond acceptors (Lipinski definition) is 7. The van der Waals surface area contributed by atoms with Gasteiger partial charge in [0.2, 0.25) is 0 Å². The van der Waals surface area contributed by atoms with Crippen LogP contribution in [0.4, 0.5) is 15.9 Å². The summed E-state index contributed by atoms with van der Waals surface area (Å²) in [7, 11) is 0. The molecule has 0 amide bonds. The maximum absolute atomic E-state index is 13.3. The van der Waals surface area contributed by atoms with Gasteiger partial charge in [0.25, 0.3) is 0 Å². The molecule has 9 heteroatoms. The van der Waals surface area contributed by atoms with E-state index in [1.165, 1.54) is 36.1 Å². The van der Waals surface area contributed by atoms with Crippen LogP contribution in [-0.4, -0.2) is 30.2 Å². The lowest BCUT2D eigenvalue weighted by Crippen LogP contribution is -1.99. The van der Waals surface area contributed by atoms with E-state index in [0.717, 1.165) is 32.7 Å². The Balaban J connectivity index is 1.57. The Morgan fingerprint density at radius 2 is 1.93 bits per heavy atom. The number of thiophene rings is 1. The van der Waals surface area contributed by atoms with Crippen LogP contribution in [0.5, 0.6) is 0 Å². The molecule has 3 aromatic heterocycles. The zero-order valence-corrected chi connectivity index (χ0v) is 15.1. The molecule has 3 heterocycles. The van der Waals surface area contributed by atoms with Crippen molar-refractivity contribution in [1.82, 2.24) is 30.2 Å². The van der Waals surface area contributed by atoms with Crippen LogP contribution >= 0.6 is 11.3 Å². The van der Waals surface area contributed by atoms with Crippen molar-refractivity contribution in [3.63, 3.8) is 0 Å². The monoisotopic (exact) mass is 389 g/mol. The van der Waals surface area contributed by atoms with Crippen molar-refractivity contribution in [2.24, 2.45) is 0 Å². The first-order chi connectivity index (χ1) is 13.8. The maximum Gasteiger partial charge on any atom is 0.143 e. The molecule has 0 radical (unpaired) electrons. The first kappa shape index (κ1) is 16.5. The average molecular weight is 389 g/mol. The van der Waals surface area contributed by atoms with Crippen molar-refractivity contribution in [1.29, 1.82) is 0 Å². The number of nitrogens with zero attached hydrogens (tertiary/aromatic N) is 6. The minimum Gasteiger partial charge on any atom is -0.340 e. The number of hydrogen-bond donors (Lipinski definition) is 1. The Bertz CT molecular complexity index is 1250. The number of benzene rings is 2. The lowest BCUT2D eigenvalue weighted by Gasteiger charge is -2.10. The highest BCUT2D eigenvalue weighted by molar-refractivity contribution is 7.17. The minimum absolute atomic E-state index is 0.266. The van der Waals surface area contributed by atoms with Crippen molar-refractivity contribution in [3.8, 4) is 16.8 Å². The number of nitrogens with one attached hydrogen (secondary N) is 1. The largest absolute Gasteiger partial charge is 0.340 e. The number of halogens is 1. The lowest BCUT2D eigenvalue weighted by molar-refractivity contribution is 0.628. The summed E-state index contributed by atoms with van der Waals surface area (Å²) in [5, 5.41) is 17.5. The maximum atomic E-state index is 13.3. The molecular formula is C19H12FN7S. The predicted molar refractivity (Wildman–Crippen MR) is 105 cm³/mol. The number of aromatic nitrogens is 6. The van der Waals surface area contributed by atoms with E-state index in [1.54, 1.807) is 16.8 Å². The number of tetrazole rings is 1. The normalized spacial score (nSPS) is 11.0. The average Bonchev–Trinajstić information content (AvgIpc) is 3.40. The topological polar surface area (TPSA) is 81.4 Å². The minimum atomic E-state index is -0.266. The van der Waals surface area contributed by atoms with Crippen molar-refractivity contribution in [3.05, 3.63) is 72.4 Å². The molecule has 0 saturated heterocycles. The lowest BCUT2D eigenvalue weighted by atomic mass is 10.1. The van der Waals surface area contributed by atoms with Gasteiger partial charge in [-0.05, 0) is 46.3 Å². The van der Waals surface area contributed by atoms with E-state index < -0.39 is 0 Å². The van der Waals surface area contributed by atoms with E-state index in [4.69, 9.17) is 0 Å². The van der Waals surface area contributed by atoms with Crippen molar-refractivity contribution in [2.75, 3.05) is 5.32 Å². The highest BCUT2D eigenvalue weighted by atomic mass is 32.1. The molecule has 2 aromatic carbocycles. The third kappa shape index (κ3) is 2.97. The fourth-order valence-electron chi connectivity index (χ4n) is 2.95. The van der Waals surface area contributed by atoms with E-state index in [0.29, 0.717) is 5.82 Å². The Morgan fingerprint density at radius 3 is 2.75 bits per heavy atom. The molecule has 5 aromatic rings. The SMILES string of the molecule is Fc1ccc(-c2csc3ncnc(Nc4cccc(-n5cnnn5)c4)c23)cc1. The summed E-state index contributed by atoms with van der Waals surface area (Å²) in [6.45, 7) is 0. The zero-order valence-electron chi connectivity index (χ0n) is 14.3.